The number of nitrogens with one attached hydrogen (secondary N) is 1. The first-order chi connectivity index (χ1) is 9.47. The molecule has 0 fully saturated rings. The summed E-state index contributed by atoms with van der Waals surface area (Å²) in [4.78, 5) is 12.1. The molecule has 0 spiro atoms. The molecule has 0 atom stereocenters. The molecule has 0 saturated carbocycles. The zero-order valence-corrected chi connectivity index (χ0v) is 12.1. The second-order valence-electron chi connectivity index (χ2n) is 3.94. The van der Waals surface area contributed by atoms with Gasteiger partial charge in [0, 0.05) is 13.2 Å². The number of hydrogen-bond donors (Lipinski definition) is 2. The molecule has 2 heterocycles. The van der Waals surface area contributed by atoms with E-state index in [0.29, 0.717) is 5.76 Å². The van der Waals surface area contributed by atoms with E-state index in [1.807, 2.05) is 0 Å². The summed E-state index contributed by atoms with van der Waals surface area (Å²) >= 11 is 10.8. The van der Waals surface area contributed by atoms with Crippen LogP contribution in [-0.4, -0.2) is 25.8 Å². The zero-order chi connectivity index (χ0) is 14.7. The second-order valence-corrected chi connectivity index (χ2v) is 4.77. The number of halogens is 1. The van der Waals surface area contributed by atoms with E-state index >= 15 is 0 Å². The van der Waals surface area contributed by atoms with Gasteiger partial charge in [-0.05, 0) is 24.4 Å². The summed E-state index contributed by atoms with van der Waals surface area (Å²) in [6.07, 6.45) is 3.04. The van der Waals surface area contributed by atoms with Crippen LogP contribution in [-0.2, 0) is 13.6 Å². The van der Waals surface area contributed by atoms with E-state index in [1.54, 1.807) is 19.2 Å². The van der Waals surface area contributed by atoms with Crippen molar-refractivity contribution < 1.29 is 9.21 Å². The van der Waals surface area contributed by atoms with Crippen molar-refractivity contribution in [3.05, 3.63) is 41.1 Å². The molecule has 20 heavy (non-hydrogen) atoms. The molecule has 2 aromatic rings. The van der Waals surface area contributed by atoms with Crippen molar-refractivity contribution in [2.75, 3.05) is 0 Å². The minimum atomic E-state index is -0.505. The monoisotopic (exact) mass is 313 g/mol. The summed E-state index contributed by atoms with van der Waals surface area (Å²) in [7, 11) is 1.66. The molecule has 0 bridgehead atoms. The SMILES string of the molecule is Cn1cc(Cl)c(C(=O)NN(Cc2ccco2)C(N)=S)n1. The number of furan rings is 1. The molecule has 0 aromatic carbocycles. The molecule has 0 aliphatic rings. The Morgan fingerprint density at radius 1 is 1.70 bits per heavy atom. The molecule has 3 N–H and O–H groups in total. The van der Waals surface area contributed by atoms with Gasteiger partial charge in [-0.25, -0.2) is 0 Å². The third-order valence-electron chi connectivity index (χ3n) is 2.40. The topological polar surface area (TPSA) is 89.3 Å². The van der Waals surface area contributed by atoms with Gasteiger partial charge < -0.3 is 10.2 Å². The summed E-state index contributed by atoms with van der Waals surface area (Å²) in [6.45, 7) is 0.207. The Hall–Kier alpha value is -2.06. The van der Waals surface area contributed by atoms with Crippen LogP contribution in [0.3, 0.4) is 0 Å². The first-order valence-electron chi connectivity index (χ1n) is 5.57. The van der Waals surface area contributed by atoms with E-state index in [4.69, 9.17) is 34.0 Å². The van der Waals surface area contributed by atoms with Crippen molar-refractivity contribution in [3.63, 3.8) is 0 Å². The molecule has 106 valence electrons. The number of carbonyl (C=O) groups excluding carboxylic acids is 1. The fourth-order valence-electron chi connectivity index (χ4n) is 1.52. The van der Waals surface area contributed by atoms with Crippen LogP contribution >= 0.6 is 23.8 Å². The maximum absolute atomic E-state index is 12.1. The molecular formula is C11H12ClN5O2S. The van der Waals surface area contributed by atoms with Gasteiger partial charge >= 0.3 is 0 Å². The van der Waals surface area contributed by atoms with Crippen molar-refractivity contribution in [3.8, 4) is 0 Å². The maximum Gasteiger partial charge on any atom is 0.291 e. The zero-order valence-electron chi connectivity index (χ0n) is 10.5. The van der Waals surface area contributed by atoms with Crippen molar-refractivity contribution in [1.29, 1.82) is 0 Å². The number of aryl methyl sites for hydroxylation is 1. The molecule has 7 nitrogen and oxygen atoms in total. The van der Waals surface area contributed by atoms with Gasteiger partial charge in [-0.3, -0.25) is 19.9 Å². The van der Waals surface area contributed by atoms with Crippen LogP contribution in [0.1, 0.15) is 16.2 Å². The van der Waals surface area contributed by atoms with Gasteiger partial charge in [-0.2, -0.15) is 5.10 Å². The van der Waals surface area contributed by atoms with Gasteiger partial charge in [0.15, 0.2) is 10.8 Å². The number of hydrazine groups is 1. The Labute approximate surface area is 125 Å². The molecule has 0 aliphatic heterocycles. The molecular weight excluding hydrogens is 302 g/mol. The number of thiocarbonyl (C=S) groups is 1. The minimum Gasteiger partial charge on any atom is -0.467 e. The number of nitrogens with zero attached hydrogens (tertiary/aromatic N) is 3. The van der Waals surface area contributed by atoms with Gasteiger partial charge in [-0.1, -0.05) is 11.6 Å². The predicted octanol–water partition coefficient (Wildman–Crippen LogP) is 1.06. The Bertz CT molecular complexity index is 625. The van der Waals surface area contributed by atoms with E-state index in [1.165, 1.54) is 22.2 Å². The van der Waals surface area contributed by atoms with Gasteiger partial charge in [0.05, 0.1) is 17.8 Å². The number of hydrogen-bond acceptors (Lipinski definition) is 4. The number of rotatable bonds is 3. The Morgan fingerprint density at radius 2 is 2.45 bits per heavy atom. The maximum atomic E-state index is 12.1. The second kappa shape index (κ2) is 5.93. The number of aromatic nitrogens is 2. The molecule has 1 amide bonds. The summed E-state index contributed by atoms with van der Waals surface area (Å²) in [5.74, 6) is 0.0974. The summed E-state index contributed by atoms with van der Waals surface area (Å²) < 4.78 is 6.61. The lowest BCUT2D eigenvalue weighted by molar-refractivity contribution is 0.0855. The lowest BCUT2D eigenvalue weighted by Gasteiger charge is -2.21. The summed E-state index contributed by atoms with van der Waals surface area (Å²) in [5, 5.41) is 5.48. The molecule has 0 aliphatic carbocycles. The van der Waals surface area contributed by atoms with E-state index < -0.39 is 5.91 Å². The van der Waals surface area contributed by atoms with Crippen LogP contribution < -0.4 is 11.2 Å². The third-order valence-corrected chi connectivity index (χ3v) is 2.89. The predicted molar refractivity (Wildman–Crippen MR) is 76.7 cm³/mol. The van der Waals surface area contributed by atoms with Crippen LogP contribution in [0.5, 0.6) is 0 Å². The van der Waals surface area contributed by atoms with Crippen molar-refractivity contribution >= 4 is 34.8 Å². The first kappa shape index (κ1) is 14.4. The first-order valence-corrected chi connectivity index (χ1v) is 6.35. The van der Waals surface area contributed by atoms with Gasteiger partial charge in [0.25, 0.3) is 5.91 Å². The molecule has 2 rings (SSSR count). The largest absolute Gasteiger partial charge is 0.467 e. The minimum absolute atomic E-state index is 0.00167. The van der Waals surface area contributed by atoms with E-state index in [2.05, 4.69) is 10.5 Å². The highest BCUT2D eigenvalue weighted by molar-refractivity contribution is 7.80. The summed E-state index contributed by atoms with van der Waals surface area (Å²) in [5.41, 5.74) is 8.19. The van der Waals surface area contributed by atoms with Gasteiger partial charge in [-0.15, -0.1) is 0 Å². The van der Waals surface area contributed by atoms with Crippen LogP contribution in [0.4, 0.5) is 0 Å². The number of carbonyl (C=O) groups is 1. The van der Waals surface area contributed by atoms with Gasteiger partial charge in [0.1, 0.15) is 5.76 Å². The Balaban J connectivity index is 2.10. The highest BCUT2D eigenvalue weighted by atomic mass is 35.5. The fourth-order valence-corrected chi connectivity index (χ4v) is 1.89. The molecule has 0 saturated heterocycles. The lowest BCUT2D eigenvalue weighted by Crippen LogP contribution is -2.48. The number of amides is 1. The van der Waals surface area contributed by atoms with E-state index in [0.717, 1.165) is 0 Å². The molecule has 0 unspecified atom stereocenters. The molecule has 0 radical (unpaired) electrons. The molecule has 9 heteroatoms. The van der Waals surface area contributed by atoms with E-state index in [-0.39, 0.29) is 22.4 Å². The lowest BCUT2D eigenvalue weighted by atomic mass is 10.4. The third kappa shape index (κ3) is 3.28. The number of nitrogens with two attached hydrogens (primary N) is 1. The van der Waals surface area contributed by atoms with Gasteiger partial charge in [0.2, 0.25) is 0 Å². The Morgan fingerprint density at radius 3 is 2.95 bits per heavy atom. The quantitative estimate of drug-likeness (QED) is 0.650. The smallest absolute Gasteiger partial charge is 0.291 e. The van der Waals surface area contributed by atoms with Crippen LogP contribution in [0.2, 0.25) is 5.02 Å². The van der Waals surface area contributed by atoms with Crippen LogP contribution in [0, 0.1) is 0 Å². The average Bonchev–Trinajstić information content (AvgIpc) is 2.97. The highest BCUT2D eigenvalue weighted by Gasteiger charge is 2.19. The standard InChI is InChI=1S/C11H12ClN5O2S/c1-16-6-8(12)9(14-16)10(18)15-17(11(13)20)5-7-3-2-4-19-7/h2-4,6H,5H2,1H3,(H2,13,20)(H,15,18). The van der Waals surface area contributed by atoms with E-state index in [9.17, 15) is 4.79 Å². The van der Waals surface area contributed by atoms with Crippen LogP contribution in [0.25, 0.3) is 0 Å². The molecule has 2 aromatic heterocycles. The summed E-state index contributed by atoms with van der Waals surface area (Å²) in [6, 6.07) is 3.47. The normalized spacial score (nSPS) is 10.3. The van der Waals surface area contributed by atoms with Crippen molar-refractivity contribution in [2.45, 2.75) is 6.54 Å². The van der Waals surface area contributed by atoms with Crippen molar-refractivity contribution in [1.82, 2.24) is 20.2 Å². The average molecular weight is 314 g/mol. The Kier molecular flexibility index (Phi) is 4.26. The van der Waals surface area contributed by atoms with Crippen LogP contribution in [0.15, 0.2) is 29.0 Å². The highest BCUT2D eigenvalue weighted by Crippen LogP contribution is 2.13. The van der Waals surface area contributed by atoms with Crippen molar-refractivity contribution in [2.24, 2.45) is 12.8 Å². The fraction of sp³-hybridized carbons (Fsp3) is 0.182.